The van der Waals surface area contributed by atoms with E-state index in [-0.39, 0.29) is 11.0 Å². The summed E-state index contributed by atoms with van der Waals surface area (Å²) in [5.41, 5.74) is 2.42. The van der Waals surface area contributed by atoms with Crippen molar-refractivity contribution in [2.75, 3.05) is 0 Å². The van der Waals surface area contributed by atoms with Crippen molar-refractivity contribution < 1.29 is 9.53 Å². The lowest BCUT2D eigenvalue weighted by molar-refractivity contribution is 0.0741. The van der Waals surface area contributed by atoms with Gasteiger partial charge < -0.3 is 4.74 Å². The molecule has 0 spiro atoms. The predicted molar refractivity (Wildman–Crippen MR) is 65.8 cm³/mol. The van der Waals surface area contributed by atoms with E-state index in [0.29, 0.717) is 5.56 Å². The van der Waals surface area contributed by atoms with Crippen molar-refractivity contribution in [1.82, 2.24) is 0 Å². The monoisotopic (exact) mass is 228 g/mol. The molecule has 0 atom stereocenters. The third-order valence-corrected chi connectivity index (χ3v) is 3.15. The van der Waals surface area contributed by atoms with Gasteiger partial charge >= 0.3 is 5.97 Å². The van der Waals surface area contributed by atoms with Crippen molar-refractivity contribution in [3.63, 3.8) is 0 Å². The first-order valence-electron chi connectivity index (χ1n) is 4.97. The van der Waals surface area contributed by atoms with Crippen LogP contribution < -0.4 is 0 Å². The summed E-state index contributed by atoms with van der Waals surface area (Å²) < 4.78 is 4.99. The molecule has 1 aliphatic heterocycles. The molecule has 0 aliphatic carbocycles. The van der Waals surface area contributed by atoms with E-state index in [2.05, 4.69) is 0 Å². The molecule has 0 unspecified atom stereocenters. The third kappa shape index (κ3) is 1.12. The van der Waals surface area contributed by atoms with Crippen molar-refractivity contribution in [2.45, 2.75) is 6.92 Å². The molecule has 0 bridgehead atoms. The maximum Gasteiger partial charge on any atom is 0.345 e. The van der Waals surface area contributed by atoms with Crippen LogP contribution in [-0.4, -0.2) is 11.0 Å². The van der Waals surface area contributed by atoms with Gasteiger partial charge in [0.25, 0.3) is 0 Å². The zero-order valence-electron chi connectivity index (χ0n) is 8.61. The molecule has 2 nitrogen and oxygen atoms in total. The standard InChI is InChI=1S/C13H8O2S/c1-7-6-10-11(13(16)15-12(10)14)9-5-3-2-4-8(7)9/h2-6H,1H3. The van der Waals surface area contributed by atoms with E-state index < -0.39 is 0 Å². The fraction of sp³-hybridized carbons (Fsp3) is 0.0769. The number of benzene rings is 2. The first kappa shape index (κ1) is 9.48. The smallest absolute Gasteiger partial charge is 0.345 e. The lowest BCUT2D eigenvalue weighted by atomic mass is 9.97. The number of esters is 1. The van der Waals surface area contributed by atoms with Crippen LogP contribution >= 0.6 is 12.2 Å². The topological polar surface area (TPSA) is 26.3 Å². The van der Waals surface area contributed by atoms with E-state index in [1.165, 1.54) is 0 Å². The van der Waals surface area contributed by atoms with Crippen LogP contribution in [0.5, 0.6) is 0 Å². The number of thiocarbonyl (C=S) groups is 1. The molecule has 0 fully saturated rings. The normalized spacial score (nSPS) is 14.1. The van der Waals surface area contributed by atoms with Gasteiger partial charge in [0.05, 0.1) is 11.1 Å². The van der Waals surface area contributed by atoms with E-state index >= 15 is 0 Å². The van der Waals surface area contributed by atoms with Crippen molar-refractivity contribution in [3.05, 3.63) is 47.0 Å². The van der Waals surface area contributed by atoms with Crippen LogP contribution in [0, 0.1) is 6.92 Å². The van der Waals surface area contributed by atoms with Gasteiger partial charge in [-0.25, -0.2) is 4.79 Å². The maximum absolute atomic E-state index is 11.6. The lowest BCUT2D eigenvalue weighted by Crippen LogP contribution is -1.95. The van der Waals surface area contributed by atoms with Gasteiger partial charge in [0, 0.05) is 0 Å². The molecule has 0 amide bonds. The number of aryl methyl sites for hydroxylation is 1. The molecule has 0 N–H and O–H groups in total. The van der Waals surface area contributed by atoms with Gasteiger partial charge in [0.2, 0.25) is 5.05 Å². The highest BCUT2D eigenvalue weighted by atomic mass is 32.1. The van der Waals surface area contributed by atoms with Crippen molar-refractivity contribution >= 4 is 34.0 Å². The SMILES string of the molecule is Cc1cc2c(c3ccccc13)C(=S)OC2=O. The quantitative estimate of drug-likeness (QED) is 0.512. The Morgan fingerprint density at radius 1 is 1.19 bits per heavy atom. The van der Waals surface area contributed by atoms with Gasteiger partial charge in [-0.1, -0.05) is 24.3 Å². The van der Waals surface area contributed by atoms with Crippen LogP contribution in [0.1, 0.15) is 21.5 Å². The summed E-state index contributed by atoms with van der Waals surface area (Å²) in [7, 11) is 0. The van der Waals surface area contributed by atoms with Crippen LogP contribution in [0.15, 0.2) is 30.3 Å². The summed E-state index contributed by atoms with van der Waals surface area (Å²) in [5.74, 6) is -0.339. The summed E-state index contributed by atoms with van der Waals surface area (Å²) in [6, 6.07) is 9.75. The third-order valence-electron chi connectivity index (χ3n) is 2.86. The van der Waals surface area contributed by atoms with Crippen LogP contribution in [0.2, 0.25) is 0 Å². The Labute approximate surface area is 97.8 Å². The number of fused-ring (bicyclic) bond motifs is 3. The zero-order valence-corrected chi connectivity index (χ0v) is 9.43. The highest BCUT2D eigenvalue weighted by molar-refractivity contribution is 7.80. The van der Waals surface area contributed by atoms with E-state index in [0.717, 1.165) is 21.9 Å². The molecule has 0 aromatic heterocycles. The summed E-state index contributed by atoms with van der Waals surface area (Å²) in [6.07, 6.45) is 0. The molecule has 3 rings (SSSR count). The van der Waals surface area contributed by atoms with Gasteiger partial charge in [-0.2, -0.15) is 0 Å². The van der Waals surface area contributed by atoms with E-state index in [1.807, 2.05) is 37.3 Å². The van der Waals surface area contributed by atoms with Crippen LogP contribution in [0.4, 0.5) is 0 Å². The Morgan fingerprint density at radius 3 is 2.62 bits per heavy atom. The minimum atomic E-state index is -0.339. The number of carbonyl (C=O) groups is 1. The van der Waals surface area contributed by atoms with Gasteiger partial charge in [0.1, 0.15) is 0 Å². The molecular weight excluding hydrogens is 220 g/mol. The van der Waals surface area contributed by atoms with E-state index in [9.17, 15) is 4.79 Å². The average Bonchev–Trinajstić information content (AvgIpc) is 2.55. The Kier molecular flexibility index (Phi) is 1.85. The molecule has 0 saturated carbocycles. The summed E-state index contributed by atoms with van der Waals surface area (Å²) in [5, 5.41) is 2.39. The molecule has 16 heavy (non-hydrogen) atoms. The van der Waals surface area contributed by atoms with E-state index in [1.54, 1.807) is 0 Å². The average molecular weight is 228 g/mol. The molecule has 1 heterocycles. The predicted octanol–water partition coefficient (Wildman–Crippen LogP) is 2.99. The van der Waals surface area contributed by atoms with Gasteiger partial charge in [-0.05, 0) is 41.5 Å². The molecular formula is C13H8O2S. The molecule has 2 aromatic rings. The summed E-state index contributed by atoms with van der Waals surface area (Å²) in [4.78, 5) is 11.6. The second kappa shape index (κ2) is 3.12. The van der Waals surface area contributed by atoms with Crippen molar-refractivity contribution in [2.24, 2.45) is 0 Å². The molecule has 2 aromatic carbocycles. The molecule has 0 saturated heterocycles. The molecule has 1 aliphatic rings. The van der Waals surface area contributed by atoms with Crippen molar-refractivity contribution in [1.29, 1.82) is 0 Å². The minimum Gasteiger partial charge on any atom is -0.410 e. The van der Waals surface area contributed by atoms with Crippen LogP contribution in [0.25, 0.3) is 10.8 Å². The van der Waals surface area contributed by atoms with E-state index in [4.69, 9.17) is 17.0 Å². The summed E-state index contributed by atoms with van der Waals surface area (Å²) in [6.45, 7) is 1.98. The Bertz CT molecular complexity index is 644. The molecule has 0 radical (unpaired) electrons. The first-order valence-corrected chi connectivity index (χ1v) is 5.38. The van der Waals surface area contributed by atoms with Gasteiger partial charge in [-0.15, -0.1) is 0 Å². The number of ether oxygens (including phenoxy) is 1. The van der Waals surface area contributed by atoms with Gasteiger partial charge in [0.15, 0.2) is 0 Å². The Balaban J connectivity index is 2.53. The highest BCUT2D eigenvalue weighted by Crippen LogP contribution is 2.31. The van der Waals surface area contributed by atoms with Gasteiger partial charge in [-0.3, -0.25) is 0 Å². The Morgan fingerprint density at radius 2 is 1.88 bits per heavy atom. The Hall–Kier alpha value is -1.74. The second-order valence-electron chi connectivity index (χ2n) is 3.84. The first-order chi connectivity index (χ1) is 7.68. The maximum atomic E-state index is 11.6. The zero-order chi connectivity index (χ0) is 11.3. The highest BCUT2D eigenvalue weighted by Gasteiger charge is 2.28. The summed E-state index contributed by atoms with van der Waals surface area (Å²) >= 11 is 5.08. The fourth-order valence-corrected chi connectivity index (χ4v) is 2.42. The van der Waals surface area contributed by atoms with Crippen LogP contribution in [-0.2, 0) is 4.74 Å². The van der Waals surface area contributed by atoms with Crippen molar-refractivity contribution in [3.8, 4) is 0 Å². The number of cyclic esters (lactones) is 1. The number of carbonyl (C=O) groups excluding carboxylic acids is 1. The largest absolute Gasteiger partial charge is 0.410 e. The second-order valence-corrected chi connectivity index (χ2v) is 4.21. The number of hydrogen-bond donors (Lipinski definition) is 0. The fourth-order valence-electron chi connectivity index (χ4n) is 2.13. The lowest BCUT2D eigenvalue weighted by Gasteiger charge is -2.05. The molecule has 3 heteroatoms. The number of rotatable bonds is 0. The number of hydrogen-bond acceptors (Lipinski definition) is 3. The minimum absolute atomic E-state index is 0.288. The molecule has 78 valence electrons. The van der Waals surface area contributed by atoms with Crippen LogP contribution in [0.3, 0.4) is 0 Å².